The molecule has 4 atom stereocenters. The van der Waals surface area contributed by atoms with Crippen molar-refractivity contribution in [1.29, 1.82) is 0 Å². The topological polar surface area (TPSA) is 151 Å². The summed E-state index contributed by atoms with van der Waals surface area (Å²) in [5.41, 5.74) is 5.38. The molecule has 0 saturated carbocycles. The Morgan fingerprint density at radius 2 is 0.931 bits per heavy atom. The summed E-state index contributed by atoms with van der Waals surface area (Å²) in [6, 6.07) is -0.897. The van der Waals surface area contributed by atoms with E-state index in [1.54, 1.807) is 0 Å². The van der Waals surface area contributed by atoms with Crippen LogP contribution in [0.15, 0.2) is 12.2 Å². The molecule has 0 aromatic heterocycles. The van der Waals surface area contributed by atoms with E-state index in [4.69, 9.17) is 14.8 Å². The normalized spacial score (nSPS) is 14.5. The van der Waals surface area contributed by atoms with Crippen molar-refractivity contribution in [2.24, 2.45) is 5.73 Å². The van der Waals surface area contributed by atoms with Gasteiger partial charge >= 0.3 is 7.82 Å². The van der Waals surface area contributed by atoms with Gasteiger partial charge in [-0.1, -0.05) is 219 Å². The summed E-state index contributed by atoms with van der Waals surface area (Å²) in [4.78, 5) is 22.9. The van der Waals surface area contributed by atoms with Gasteiger partial charge in [-0.2, -0.15) is 0 Å². The SMILES string of the molecule is CCCCCCCCCCCCC/C=C\CCCCCCCC(O)CC(=O)NC(COP(=O)(O)OCCN)C(O)CCCCCCCCCCCCCCCCCC. The zero-order valence-electron chi connectivity index (χ0n) is 38.2. The molecule has 9 nitrogen and oxygen atoms in total. The monoisotopic (exact) mass is 845 g/mol. The lowest BCUT2D eigenvalue weighted by atomic mass is 10.0. The van der Waals surface area contributed by atoms with Gasteiger partial charge in [0.05, 0.1) is 37.9 Å². The summed E-state index contributed by atoms with van der Waals surface area (Å²) < 4.78 is 22.2. The third kappa shape index (κ3) is 41.9. The van der Waals surface area contributed by atoms with Crippen molar-refractivity contribution in [2.75, 3.05) is 19.8 Å². The van der Waals surface area contributed by atoms with Gasteiger partial charge in [0, 0.05) is 6.54 Å². The number of aliphatic hydroxyl groups is 2. The van der Waals surface area contributed by atoms with Gasteiger partial charge in [-0.3, -0.25) is 13.8 Å². The number of hydrogen-bond donors (Lipinski definition) is 5. The summed E-state index contributed by atoms with van der Waals surface area (Å²) >= 11 is 0. The van der Waals surface area contributed by atoms with Crippen molar-refractivity contribution in [3.05, 3.63) is 12.2 Å². The Balaban J connectivity index is 4.16. The van der Waals surface area contributed by atoms with Crippen LogP contribution >= 0.6 is 7.82 Å². The van der Waals surface area contributed by atoms with E-state index in [1.165, 1.54) is 173 Å². The molecule has 1 amide bonds. The van der Waals surface area contributed by atoms with Gasteiger partial charge in [-0.15, -0.1) is 0 Å². The smallest absolute Gasteiger partial charge is 0.393 e. The lowest BCUT2D eigenvalue weighted by Gasteiger charge is -2.25. The number of aliphatic hydroxyl groups excluding tert-OH is 2. The number of phosphoric acid groups is 1. The number of nitrogens with two attached hydrogens (primary N) is 1. The first-order valence-electron chi connectivity index (χ1n) is 24.9. The van der Waals surface area contributed by atoms with Gasteiger partial charge in [-0.05, 0) is 38.5 Å². The average molecular weight is 845 g/mol. The summed E-state index contributed by atoms with van der Waals surface area (Å²) in [5, 5.41) is 24.3. The van der Waals surface area contributed by atoms with Crippen LogP contribution in [0, 0.1) is 0 Å². The number of unbranched alkanes of at least 4 members (excludes halogenated alkanes) is 31. The molecule has 4 unspecified atom stereocenters. The summed E-state index contributed by atoms with van der Waals surface area (Å²) in [6.45, 7) is 4.08. The van der Waals surface area contributed by atoms with Crippen molar-refractivity contribution in [2.45, 2.75) is 270 Å². The standard InChI is InChI=1S/C48H97N2O7P/c1-3-5-7-9-11-13-15-17-19-21-22-23-24-25-27-29-31-33-35-37-39-45(51)43-48(53)50-46(44-57-58(54,55)56-42-41-49)47(52)40-38-36-34-32-30-28-26-20-18-16-14-12-10-8-6-4-2/h24-25,45-47,51-52H,3-23,26-44,49H2,1-2H3,(H,50,53)(H,54,55)/b25-24-. The number of phosphoric ester groups is 1. The molecule has 0 aliphatic carbocycles. The summed E-state index contributed by atoms with van der Waals surface area (Å²) in [5.74, 6) is -0.414. The number of nitrogens with one attached hydrogen (secondary N) is 1. The van der Waals surface area contributed by atoms with Crippen LogP contribution in [-0.4, -0.2) is 59.0 Å². The first-order chi connectivity index (χ1) is 28.3. The molecule has 0 radical (unpaired) electrons. The van der Waals surface area contributed by atoms with Crippen LogP contribution in [-0.2, 0) is 18.4 Å². The van der Waals surface area contributed by atoms with E-state index in [1.807, 2.05) is 0 Å². The molecule has 0 rings (SSSR count). The van der Waals surface area contributed by atoms with Crippen LogP contribution < -0.4 is 11.1 Å². The molecule has 0 aliphatic heterocycles. The minimum Gasteiger partial charge on any atom is -0.393 e. The Hall–Kier alpha value is -0.800. The first kappa shape index (κ1) is 57.2. The second-order valence-electron chi connectivity index (χ2n) is 17.2. The molecule has 6 N–H and O–H groups in total. The van der Waals surface area contributed by atoms with Crippen LogP contribution in [0.4, 0.5) is 0 Å². The van der Waals surface area contributed by atoms with Crippen LogP contribution in [0.3, 0.4) is 0 Å². The lowest BCUT2D eigenvalue weighted by molar-refractivity contribution is -0.125. The second kappa shape index (κ2) is 44.3. The fourth-order valence-electron chi connectivity index (χ4n) is 7.65. The predicted molar refractivity (Wildman–Crippen MR) is 246 cm³/mol. The van der Waals surface area contributed by atoms with Crippen molar-refractivity contribution in [3.63, 3.8) is 0 Å². The van der Waals surface area contributed by atoms with Crippen molar-refractivity contribution in [1.82, 2.24) is 5.32 Å². The van der Waals surface area contributed by atoms with E-state index in [0.717, 1.165) is 44.9 Å². The van der Waals surface area contributed by atoms with Gasteiger partial charge < -0.3 is 26.2 Å². The van der Waals surface area contributed by atoms with Gasteiger partial charge in [0.15, 0.2) is 0 Å². The Labute approximate surface area is 358 Å². The van der Waals surface area contributed by atoms with Gasteiger partial charge in [0.1, 0.15) is 0 Å². The average Bonchev–Trinajstić information content (AvgIpc) is 3.20. The maximum Gasteiger partial charge on any atom is 0.472 e. The number of allylic oxidation sites excluding steroid dienone is 2. The number of amides is 1. The summed E-state index contributed by atoms with van der Waals surface area (Å²) in [6.07, 6.45) is 46.9. The number of carbonyl (C=O) groups is 1. The maximum absolute atomic E-state index is 12.9. The first-order valence-corrected chi connectivity index (χ1v) is 26.4. The molecule has 0 saturated heterocycles. The highest BCUT2D eigenvalue weighted by Crippen LogP contribution is 2.43. The minimum atomic E-state index is -4.38. The lowest BCUT2D eigenvalue weighted by Crippen LogP contribution is -2.47. The molecule has 0 aromatic carbocycles. The van der Waals surface area contributed by atoms with Crippen LogP contribution in [0.25, 0.3) is 0 Å². The minimum absolute atomic E-state index is 0.0602. The molecular weight excluding hydrogens is 748 g/mol. The maximum atomic E-state index is 12.9. The van der Waals surface area contributed by atoms with Crippen molar-refractivity contribution in [3.8, 4) is 0 Å². The highest BCUT2D eigenvalue weighted by molar-refractivity contribution is 7.47. The molecule has 0 heterocycles. The largest absolute Gasteiger partial charge is 0.472 e. The van der Waals surface area contributed by atoms with E-state index < -0.39 is 32.0 Å². The molecule has 0 bridgehead atoms. The predicted octanol–water partition coefficient (Wildman–Crippen LogP) is 13.3. The van der Waals surface area contributed by atoms with E-state index in [2.05, 4.69) is 31.3 Å². The molecular formula is C48H97N2O7P. The Morgan fingerprint density at radius 3 is 1.33 bits per heavy atom. The number of hydrogen-bond acceptors (Lipinski definition) is 7. The molecule has 0 aromatic rings. The molecule has 58 heavy (non-hydrogen) atoms. The number of rotatable bonds is 47. The van der Waals surface area contributed by atoms with Gasteiger partial charge in [0.2, 0.25) is 5.91 Å². The van der Waals surface area contributed by atoms with E-state index >= 15 is 0 Å². The molecule has 346 valence electrons. The highest BCUT2D eigenvalue weighted by atomic mass is 31.2. The van der Waals surface area contributed by atoms with Gasteiger partial charge in [0.25, 0.3) is 0 Å². The zero-order valence-corrected chi connectivity index (χ0v) is 39.1. The molecule has 0 fully saturated rings. The van der Waals surface area contributed by atoms with E-state index in [-0.39, 0.29) is 26.2 Å². The van der Waals surface area contributed by atoms with Crippen molar-refractivity contribution >= 4 is 13.7 Å². The van der Waals surface area contributed by atoms with Gasteiger partial charge in [-0.25, -0.2) is 4.57 Å². The Kier molecular flexibility index (Phi) is 43.7. The van der Waals surface area contributed by atoms with Crippen molar-refractivity contribution < 1.29 is 33.5 Å². The molecule has 0 spiro atoms. The van der Waals surface area contributed by atoms with Crippen LogP contribution in [0.2, 0.25) is 0 Å². The summed E-state index contributed by atoms with van der Waals surface area (Å²) in [7, 11) is -4.38. The highest BCUT2D eigenvalue weighted by Gasteiger charge is 2.28. The molecule has 10 heteroatoms. The quantitative estimate of drug-likeness (QED) is 0.0231. The zero-order chi connectivity index (χ0) is 42.6. The Bertz CT molecular complexity index is 940. The second-order valence-corrected chi connectivity index (χ2v) is 18.7. The fraction of sp³-hybridized carbons (Fsp3) is 0.938. The third-order valence-electron chi connectivity index (χ3n) is 11.4. The molecule has 0 aliphatic rings. The van der Waals surface area contributed by atoms with E-state index in [9.17, 15) is 24.5 Å². The van der Waals surface area contributed by atoms with Crippen LogP contribution in [0.1, 0.15) is 251 Å². The third-order valence-corrected chi connectivity index (χ3v) is 12.4. The fourth-order valence-corrected chi connectivity index (χ4v) is 8.41. The van der Waals surface area contributed by atoms with E-state index in [0.29, 0.717) is 12.8 Å². The Morgan fingerprint density at radius 1 is 0.569 bits per heavy atom. The van der Waals surface area contributed by atoms with Crippen LogP contribution in [0.5, 0.6) is 0 Å². The number of carbonyl (C=O) groups excluding carboxylic acids is 1.